The molecule has 0 unspecified atom stereocenters. The molecule has 6 nitrogen and oxygen atoms in total. The fraction of sp³-hybridized carbons (Fsp3) is 0.250. The first-order valence-electron chi connectivity index (χ1n) is 8.92. The molecule has 2 aromatic carbocycles. The Bertz CT molecular complexity index is 951. The topological polar surface area (TPSA) is 69.2 Å². The van der Waals surface area contributed by atoms with Crippen LogP contribution in [0, 0.1) is 0 Å². The Hall–Kier alpha value is -2.80. The van der Waals surface area contributed by atoms with Gasteiger partial charge in [0.15, 0.2) is 5.69 Å². The third-order valence-corrected chi connectivity index (χ3v) is 4.83. The molecule has 7 heteroatoms. The van der Waals surface area contributed by atoms with Gasteiger partial charge in [-0.3, -0.25) is 0 Å². The number of nitrogens with one attached hydrogen (secondary N) is 1. The van der Waals surface area contributed by atoms with E-state index in [1.807, 2.05) is 55.5 Å². The van der Waals surface area contributed by atoms with Crippen LogP contribution in [0.1, 0.15) is 25.6 Å². The van der Waals surface area contributed by atoms with Crippen LogP contribution in [-0.4, -0.2) is 27.5 Å². The van der Waals surface area contributed by atoms with Crippen molar-refractivity contribution in [2.24, 2.45) is 0 Å². The molecule has 0 amide bonds. The molecule has 1 aliphatic heterocycles. The van der Waals surface area contributed by atoms with E-state index in [0.29, 0.717) is 23.3 Å². The zero-order valence-electron chi connectivity index (χ0n) is 15.2. The summed E-state index contributed by atoms with van der Waals surface area (Å²) in [6.07, 6.45) is -0.452. The van der Waals surface area contributed by atoms with Crippen LogP contribution < -0.4 is 14.8 Å². The molecular weight excluding hydrogens is 360 g/mol. The molecule has 1 atom stereocenters. The molecule has 0 aliphatic carbocycles. The standard InChI is InChI=1S/C20H20N4O2S/c1-3-25-16-12-8-6-10-14(16)18-21-15-11-7-5-9-13(15)17-19(26-18)22-20(24-23-17)27-4-2/h5-12,18,21H,3-4H2,1-2H3/t18-/m1/s1. The highest BCUT2D eigenvalue weighted by Crippen LogP contribution is 2.40. The van der Waals surface area contributed by atoms with E-state index in [2.05, 4.69) is 27.4 Å². The summed E-state index contributed by atoms with van der Waals surface area (Å²) in [6.45, 7) is 4.60. The highest BCUT2D eigenvalue weighted by Gasteiger charge is 2.27. The molecule has 0 radical (unpaired) electrons. The molecule has 0 fully saturated rings. The van der Waals surface area contributed by atoms with Gasteiger partial charge < -0.3 is 14.8 Å². The summed E-state index contributed by atoms with van der Waals surface area (Å²) in [5.74, 6) is 2.12. The summed E-state index contributed by atoms with van der Waals surface area (Å²) in [5, 5.41) is 12.7. The van der Waals surface area contributed by atoms with E-state index >= 15 is 0 Å². The van der Waals surface area contributed by atoms with Crippen LogP contribution in [0.15, 0.2) is 53.7 Å². The maximum atomic E-state index is 6.28. The van der Waals surface area contributed by atoms with Crippen LogP contribution in [0.3, 0.4) is 0 Å². The van der Waals surface area contributed by atoms with Crippen molar-refractivity contribution in [1.29, 1.82) is 0 Å². The summed E-state index contributed by atoms with van der Waals surface area (Å²) < 4.78 is 12.1. The second kappa shape index (κ2) is 7.84. The second-order valence-electron chi connectivity index (χ2n) is 5.84. The van der Waals surface area contributed by atoms with E-state index in [1.54, 1.807) is 0 Å². The molecule has 27 heavy (non-hydrogen) atoms. The number of para-hydroxylation sites is 2. The number of anilines is 1. The number of thioether (sulfide) groups is 1. The third kappa shape index (κ3) is 3.55. The lowest BCUT2D eigenvalue weighted by Gasteiger charge is -2.21. The minimum atomic E-state index is -0.452. The van der Waals surface area contributed by atoms with Gasteiger partial charge in [-0.05, 0) is 30.9 Å². The van der Waals surface area contributed by atoms with Gasteiger partial charge in [0.05, 0.1) is 12.2 Å². The van der Waals surface area contributed by atoms with Crippen molar-refractivity contribution >= 4 is 17.4 Å². The molecule has 138 valence electrons. The SMILES string of the molecule is CCOc1ccccc1[C@@H]1Nc2ccccc2-c2nnc(SCC)nc2O1. The zero-order chi connectivity index (χ0) is 18.6. The van der Waals surface area contributed by atoms with Crippen molar-refractivity contribution in [2.45, 2.75) is 25.2 Å². The van der Waals surface area contributed by atoms with E-state index in [9.17, 15) is 0 Å². The Labute approximate surface area is 162 Å². The molecule has 0 saturated heterocycles. The maximum Gasteiger partial charge on any atom is 0.247 e. The van der Waals surface area contributed by atoms with Gasteiger partial charge in [-0.15, -0.1) is 10.2 Å². The summed E-state index contributed by atoms with van der Waals surface area (Å²) in [7, 11) is 0. The molecular formula is C20H20N4O2S. The molecule has 0 saturated carbocycles. The highest BCUT2D eigenvalue weighted by atomic mass is 32.2. The molecule has 1 N–H and O–H groups in total. The summed E-state index contributed by atoms with van der Waals surface area (Å²) >= 11 is 1.53. The smallest absolute Gasteiger partial charge is 0.247 e. The van der Waals surface area contributed by atoms with Crippen molar-refractivity contribution in [3.8, 4) is 22.9 Å². The average Bonchev–Trinajstić information content (AvgIpc) is 2.85. The van der Waals surface area contributed by atoms with Crippen molar-refractivity contribution in [1.82, 2.24) is 15.2 Å². The van der Waals surface area contributed by atoms with Crippen LogP contribution in [0.4, 0.5) is 5.69 Å². The minimum absolute atomic E-state index is 0.452. The van der Waals surface area contributed by atoms with Crippen molar-refractivity contribution in [3.05, 3.63) is 54.1 Å². The lowest BCUT2D eigenvalue weighted by molar-refractivity contribution is 0.217. The van der Waals surface area contributed by atoms with E-state index in [0.717, 1.165) is 28.3 Å². The Balaban J connectivity index is 1.83. The van der Waals surface area contributed by atoms with Gasteiger partial charge in [-0.2, -0.15) is 4.98 Å². The van der Waals surface area contributed by atoms with E-state index < -0.39 is 6.23 Å². The quantitative estimate of drug-likeness (QED) is 0.651. The fourth-order valence-electron chi connectivity index (χ4n) is 2.96. The fourth-order valence-corrected chi connectivity index (χ4v) is 3.47. The molecule has 1 aliphatic rings. The summed E-state index contributed by atoms with van der Waals surface area (Å²) in [6, 6.07) is 15.8. The lowest BCUT2D eigenvalue weighted by atomic mass is 10.1. The number of hydrogen-bond donors (Lipinski definition) is 1. The van der Waals surface area contributed by atoms with Gasteiger partial charge in [0, 0.05) is 11.3 Å². The van der Waals surface area contributed by atoms with Crippen LogP contribution in [0.2, 0.25) is 0 Å². The molecule has 3 aromatic rings. The first-order chi connectivity index (χ1) is 13.3. The van der Waals surface area contributed by atoms with Crippen molar-refractivity contribution in [3.63, 3.8) is 0 Å². The van der Waals surface area contributed by atoms with Gasteiger partial charge in [-0.1, -0.05) is 49.0 Å². The Morgan fingerprint density at radius 1 is 1.07 bits per heavy atom. The van der Waals surface area contributed by atoms with Crippen LogP contribution in [-0.2, 0) is 0 Å². The van der Waals surface area contributed by atoms with Gasteiger partial charge in [0.25, 0.3) is 0 Å². The second-order valence-corrected chi connectivity index (χ2v) is 7.07. The highest BCUT2D eigenvalue weighted by molar-refractivity contribution is 7.99. The third-order valence-electron chi connectivity index (χ3n) is 4.11. The van der Waals surface area contributed by atoms with Gasteiger partial charge in [-0.25, -0.2) is 0 Å². The lowest BCUT2D eigenvalue weighted by Crippen LogP contribution is -2.18. The maximum absolute atomic E-state index is 6.28. The van der Waals surface area contributed by atoms with Gasteiger partial charge in [0.2, 0.25) is 17.3 Å². The van der Waals surface area contributed by atoms with Crippen LogP contribution in [0.5, 0.6) is 11.6 Å². The Kier molecular flexibility index (Phi) is 5.11. The summed E-state index contributed by atoms with van der Waals surface area (Å²) in [4.78, 5) is 4.60. The Morgan fingerprint density at radius 2 is 1.89 bits per heavy atom. The largest absolute Gasteiger partial charge is 0.493 e. The van der Waals surface area contributed by atoms with Crippen LogP contribution >= 0.6 is 11.8 Å². The normalized spacial score (nSPS) is 15.0. The number of rotatable bonds is 5. The van der Waals surface area contributed by atoms with Crippen molar-refractivity contribution in [2.75, 3.05) is 17.7 Å². The van der Waals surface area contributed by atoms with E-state index in [1.165, 1.54) is 11.8 Å². The van der Waals surface area contributed by atoms with Crippen LogP contribution in [0.25, 0.3) is 11.3 Å². The van der Waals surface area contributed by atoms with Gasteiger partial charge >= 0.3 is 0 Å². The molecule has 4 rings (SSSR count). The predicted molar refractivity (Wildman–Crippen MR) is 106 cm³/mol. The average molecular weight is 380 g/mol. The number of ether oxygens (including phenoxy) is 2. The van der Waals surface area contributed by atoms with E-state index in [-0.39, 0.29) is 0 Å². The molecule has 0 spiro atoms. The number of benzene rings is 2. The first kappa shape index (κ1) is 17.6. The number of nitrogens with zero attached hydrogens (tertiary/aromatic N) is 3. The summed E-state index contributed by atoms with van der Waals surface area (Å²) in [5.41, 5.74) is 3.37. The number of fused-ring (bicyclic) bond motifs is 3. The molecule has 2 heterocycles. The van der Waals surface area contributed by atoms with Gasteiger partial charge in [0.1, 0.15) is 5.75 Å². The molecule has 0 bridgehead atoms. The Morgan fingerprint density at radius 3 is 2.74 bits per heavy atom. The van der Waals surface area contributed by atoms with E-state index in [4.69, 9.17) is 9.47 Å². The number of aromatic nitrogens is 3. The zero-order valence-corrected chi connectivity index (χ0v) is 16.0. The molecule has 1 aromatic heterocycles. The monoisotopic (exact) mass is 380 g/mol. The first-order valence-corrected chi connectivity index (χ1v) is 9.90. The van der Waals surface area contributed by atoms with Crippen molar-refractivity contribution < 1.29 is 9.47 Å². The minimum Gasteiger partial charge on any atom is -0.493 e. The number of hydrogen-bond acceptors (Lipinski definition) is 7. The predicted octanol–water partition coefficient (Wildman–Crippen LogP) is 4.55.